The highest BCUT2D eigenvalue weighted by Crippen LogP contribution is 2.26. The number of hydrogen-bond donors (Lipinski definition) is 3. The molecule has 0 spiro atoms. The van der Waals surface area contributed by atoms with Crippen molar-refractivity contribution in [2.75, 3.05) is 18.4 Å². The minimum Gasteiger partial charge on any atom is -0.457 e. The van der Waals surface area contributed by atoms with E-state index in [4.69, 9.17) is 4.74 Å². The molecule has 1 aliphatic rings. The van der Waals surface area contributed by atoms with Crippen LogP contribution >= 0.6 is 15.9 Å². The van der Waals surface area contributed by atoms with Crippen LogP contribution in [0.1, 0.15) is 16.9 Å². The molecule has 33 heavy (non-hydrogen) atoms. The first-order valence-corrected chi connectivity index (χ1v) is 11.4. The van der Waals surface area contributed by atoms with Gasteiger partial charge < -0.3 is 20.7 Å². The van der Waals surface area contributed by atoms with Gasteiger partial charge >= 0.3 is 0 Å². The van der Waals surface area contributed by atoms with Gasteiger partial charge in [-0.05, 0) is 61.5 Å². The molecule has 1 amide bonds. The first kappa shape index (κ1) is 21.3. The molecule has 9 heteroatoms. The number of nitrogens with zero attached hydrogens (tertiary/aromatic N) is 3. The van der Waals surface area contributed by atoms with Crippen LogP contribution in [0.25, 0.3) is 10.9 Å². The summed E-state index contributed by atoms with van der Waals surface area (Å²) < 4.78 is 6.98. The van der Waals surface area contributed by atoms with Gasteiger partial charge in [-0.15, -0.1) is 0 Å². The van der Waals surface area contributed by atoms with Crippen molar-refractivity contribution in [2.45, 2.75) is 12.5 Å². The van der Waals surface area contributed by atoms with E-state index in [1.54, 1.807) is 24.5 Å². The smallest absolute Gasteiger partial charge is 0.270 e. The van der Waals surface area contributed by atoms with Crippen LogP contribution in [0.2, 0.25) is 0 Å². The first-order valence-electron chi connectivity index (χ1n) is 10.6. The van der Waals surface area contributed by atoms with Gasteiger partial charge in [0.25, 0.3) is 5.91 Å². The summed E-state index contributed by atoms with van der Waals surface area (Å²) in [6.07, 6.45) is 4.24. The van der Waals surface area contributed by atoms with Crippen molar-refractivity contribution in [1.29, 1.82) is 0 Å². The van der Waals surface area contributed by atoms with Crippen LogP contribution in [0.4, 0.5) is 11.6 Å². The predicted molar refractivity (Wildman–Crippen MR) is 130 cm³/mol. The number of carbonyl (C=O) groups is 1. The zero-order valence-electron chi connectivity index (χ0n) is 17.6. The summed E-state index contributed by atoms with van der Waals surface area (Å²) >= 11 is 3.43. The average Bonchev–Trinajstić information content (AvgIpc) is 3.34. The SMILES string of the molecule is O=C(N[C@@H]1CCNC1)c1cc(Oc2ccc3nc(Nc4ccc(Br)cc4)ncc3c2)ccn1. The van der Waals surface area contributed by atoms with Crippen molar-refractivity contribution in [3.8, 4) is 11.5 Å². The zero-order chi connectivity index (χ0) is 22.6. The van der Waals surface area contributed by atoms with E-state index >= 15 is 0 Å². The molecule has 2 aromatic heterocycles. The number of halogens is 1. The van der Waals surface area contributed by atoms with Crippen LogP contribution in [-0.2, 0) is 0 Å². The Bertz CT molecular complexity index is 1290. The van der Waals surface area contributed by atoms with Crippen LogP contribution in [0, 0.1) is 0 Å². The van der Waals surface area contributed by atoms with Gasteiger partial charge in [-0.2, -0.15) is 0 Å². The molecule has 0 saturated carbocycles. The molecule has 1 fully saturated rings. The van der Waals surface area contributed by atoms with Gasteiger partial charge in [0.05, 0.1) is 5.52 Å². The van der Waals surface area contributed by atoms with Crippen molar-refractivity contribution in [3.63, 3.8) is 0 Å². The van der Waals surface area contributed by atoms with Gasteiger partial charge in [-0.1, -0.05) is 15.9 Å². The molecule has 0 unspecified atom stereocenters. The summed E-state index contributed by atoms with van der Waals surface area (Å²) in [5.74, 6) is 1.47. The lowest BCUT2D eigenvalue weighted by molar-refractivity contribution is 0.0934. The highest BCUT2D eigenvalue weighted by Gasteiger charge is 2.18. The monoisotopic (exact) mass is 504 g/mol. The van der Waals surface area contributed by atoms with Crippen molar-refractivity contribution in [3.05, 3.63) is 77.2 Å². The Hall–Kier alpha value is -3.56. The Morgan fingerprint density at radius 2 is 1.91 bits per heavy atom. The number of pyridine rings is 1. The standard InChI is InChI=1S/C24H21BrN6O2/c25-16-1-3-17(4-2-16)30-24-28-13-15-11-19(5-6-21(15)31-24)33-20-8-10-27-22(12-20)23(32)29-18-7-9-26-14-18/h1-6,8,10-13,18,26H,7,9,14H2,(H,29,32)(H,28,30,31)/t18-/m1/s1. The second kappa shape index (κ2) is 9.51. The van der Waals surface area contributed by atoms with E-state index in [2.05, 4.69) is 46.8 Å². The van der Waals surface area contributed by atoms with Crippen LogP contribution < -0.4 is 20.7 Å². The maximum Gasteiger partial charge on any atom is 0.270 e. The third-order valence-electron chi connectivity index (χ3n) is 5.25. The Labute approximate surface area is 198 Å². The van der Waals surface area contributed by atoms with Crippen molar-refractivity contribution >= 4 is 44.4 Å². The number of fused-ring (bicyclic) bond motifs is 1. The summed E-state index contributed by atoms with van der Waals surface area (Å²) in [6.45, 7) is 1.69. The molecule has 1 saturated heterocycles. The number of amides is 1. The Balaban J connectivity index is 1.29. The molecule has 8 nitrogen and oxygen atoms in total. The molecule has 166 valence electrons. The molecule has 1 atom stereocenters. The van der Waals surface area contributed by atoms with Crippen LogP contribution in [-0.4, -0.2) is 40.0 Å². The molecule has 1 aliphatic heterocycles. The normalized spacial score (nSPS) is 15.4. The van der Waals surface area contributed by atoms with Crippen molar-refractivity contribution in [2.24, 2.45) is 0 Å². The van der Waals surface area contributed by atoms with Gasteiger partial charge in [-0.3, -0.25) is 9.78 Å². The van der Waals surface area contributed by atoms with E-state index in [1.165, 1.54) is 0 Å². The summed E-state index contributed by atoms with van der Waals surface area (Å²) in [5, 5.41) is 10.3. The minimum absolute atomic E-state index is 0.132. The number of anilines is 2. The molecule has 2 aromatic carbocycles. The van der Waals surface area contributed by atoms with Crippen molar-refractivity contribution < 1.29 is 9.53 Å². The quantitative estimate of drug-likeness (QED) is 0.357. The molecule has 0 radical (unpaired) electrons. The first-order chi connectivity index (χ1) is 16.1. The summed E-state index contributed by atoms with van der Waals surface area (Å²) in [5.41, 5.74) is 2.02. The Kier molecular flexibility index (Phi) is 6.14. The number of benzene rings is 2. The fourth-order valence-electron chi connectivity index (χ4n) is 3.57. The second-order valence-electron chi connectivity index (χ2n) is 7.69. The van der Waals surface area contributed by atoms with Crippen LogP contribution in [0.5, 0.6) is 11.5 Å². The fraction of sp³-hybridized carbons (Fsp3) is 0.167. The highest BCUT2D eigenvalue weighted by atomic mass is 79.9. The lowest BCUT2D eigenvalue weighted by Crippen LogP contribution is -2.36. The molecule has 0 bridgehead atoms. The van der Waals surface area contributed by atoms with E-state index in [0.717, 1.165) is 40.6 Å². The molecular formula is C24H21BrN6O2. The van der Waals surface area contributed by atoms with Crippen LogP contribution in [0.15, 0.2) is 71.5 Å². The second-order valence-corrected chi connectivity index (χ2v) is 8.60. The van der Waals surface area contributed by atoms with E-state index in [1.807, 2.05) is 42.5 Å². The lowest BCUT2D eigenvalue weighted by atomic mass is 10.2. The van der Waals surface area contributed by atoms with Gasteiger partial charge in [0.2, 0.25) is 5.95 Å². The summed E-state index contributed by atoms with van der Waals surface area (Å²) in [7, 11) is 0. The lowest BCUT2D eigenvalue weighted by Gasteiger charge is -2.12. The third kappa shape index (κ3) is 5.27. The Morgan fingerprint density at radius 3 is 2.73 bits per heavy atom. The average molecular weight is 505 g/mol. The number of nitrogens with one attached hydrogen (secondary N) is 3. The fourth-order valence-corrected chi connectivity index (χ4v) is 3.83. The molecule has 5 rings (SSSR count). The molecule has 3 heterocycles. The van der Waals surface area contributed by atoms with Gasteiger partial charge in [0, 0.05) is 46.6 Å². The summed E-state index contributed by atoms with van der Waals surface area (Å²) in [6, 6.07) is 16.9. The molecular weight excluding hydrogens is 484 g/mol. The van der Waals surface area contributed by atoms with Gasteiger partial charge in [-0.25, -0.2) is 9.97 Å². The van der Waals surface area contributed by atoms with E-state index < -0.39 is 0 Å². The Morgan fingerprint density at radius 1 is 1.06 bits per heavy atom. The minimum atomic E-state index is -0.202. The van der Waals surface area contributed by atoms with Crippen LogP contribution in [0.3, 0.4) is 0 Å². The number of ether oxygens (including phenoxy) is 1. The molecule has 0 aliphatic carbocycles. The maximum absolute atomic E-state index is 12.5. The van der Waals surface area contributed by atoms with E-state index in [9.17, 15) is 4.79 Å². The molecule has 4 aromatic rings. The zero-order valence-corrected chi connectivity index (χ0v) is 19.2. The van der Waals surface area contributed by atoms with Gasteiger partial charge in [0.1, 0.15) is 17.2 Å². The van der Waals surface area contributed by atoms with Crippen molar-refractivity contribution in [1.82, 2.24) is 25.6 Å². The number of hydrogen-bond acceptors (Lipinski definition) is 7. The van der Waals surface area contributed by atoms with E-state index in [0.29, 0.717) is 23.1 Å². The third-order valence-corrected chi connectivity index (χ3v) is 5.78. The predicted octanol–water partition coefficient (Wildman–Crippen LogP) is 4.41. The highest BCUT2D eigenvalue weighted by molar-refractivity contribution is 9.10. The molecule has 3 N–H and O–H groups in total. The van der Waals surface area contributed by atoms with E-state index in [-0.39, 0.29) is 11.9 Å². The maximum atomic E-state index is 12.5. The number of carbonyl (C=O) groups excluding carboxylic acids is 1. The number of aromatic nitrogens is 3. The topological polar surface area (TPSA) is 101 Å². The van der Waals surface area contributed by atoms with Gasteiger partial charge in [0.15, 0.2) is 0 Å². The summed E-state index contributed by atoms with van der Waals surface area (Å²) in [4.78, 5) is 25.6. The number of rotatable bonds is 6. The largest absolute Gasteiger partial charge is 0.457 e.